The fraction of sp³-hybridized carbons (Fsp3) is 0.800. The second-order valence-electron chi connectivity index (χ2n) is 11.0. The Kier molecular flexibility index (Phi) is 13.0. The molecule has 0 spiro atoms. The van der Waals surface area contributed by atoms with Gasteiger partial charge < -0.3 is 32.2 Å². The van der Waals surface area contributed by atoms with Gasteiger partial charge in [0.2, 0.25) is 0 Å². The quantitative estimate of drug-likeness (QED) is 0.139. The number of hydrogen-bond acceptors (Lipinski definition) is 8. The van der Waals surface area contributed by atoms with E-state index < -0.39 is 51.9 Å². The molecule has 1 atom stereocenters. The number of nitrogens with one attached hydrogen (secondary N) is 1. The first-order valence-corrected chi connectivity index (χ1v) is 23.4. The third kappa shape index (κ3) is 17.3. The van der Waals surface area contributed by atoms with Crippen molar-refractivity contribution >= 4 is 45.8 Å². The van der Waals surface area contributed by atoms with E-state index in [-0.39, 0.29) is 18.8 Å². The molecule has 1 amide bonds. The molecule has 0 rings (SSSR count). The number of hydrogen-bond donors (Lipinski definition) is 2. The maximum absolute atomic E-state index is 12.0. The Morgan fingerprint density at radius 3 is 1.67 bits per heavy atom. The van der Waals surface area contributed by atoms with Crippen LogP contribution in [0, 0.1) is 0 Å². The highest BCUT2D eigenvalue weighted by molar-refractivity contribution is 6.90. The van der Waals surface area contributed by atoms with Gasteiger partial charge in [-0.25, -0.2) is 9.59 Å². The van der Waals surface area contributed by atoms with Crippen LogP contribution < -0.4 is 5.32 Å². The van der Waals surface area contributed by atoms with Crippen molar-refractivity contribution in [3.8, 4) is 0 Å². The first-order valence-electron chi connectivity index (χ1n) is 11.3. The molecular weight excluding hydrogens is 495 g/mol. The van der Waals surface area contributed by atoms with Gasteiger partial charge in [-0.3, -0.25) is 0 Å². The maximum atomic E-state index is 12.0. The third-order valence-electron chi connectivity index (χ3n) is 3.48. The normalized spacial score (nSPS) is 13.9. The van der Waals surface area contributed by atoms with Gasteiger partial charge in [0.25, 0.3) is 0 Å². The molecule has 0 aliphatic heterocycles. The smallest absolute Gasteiger partial charge is 0.459 e. The van der Waals surface area contributed by atoms with Crippen LogP contribution in [0.5, 0.6) is 0 Å². The van der Waals surface area contributed by atoms with Gasteiger partial charge >= 0.3 is 20.9 Å². The Hall–Kier alpha value is -0.812. The highest BCUT2D eigenvalue weighted by Crippen LogP contribution is 2.29. The maximum Gasteiger partial charge on any atom is 0.469 e. The van der Waals surface area contributed by atoms with E-state index >= 15 is 0 Å². The molecule has 2 N–H and O–H groups in total. The number of amides is 1. The van der Waals surface area contributed by atoms with Crippen molar-refractivity contribution in [3.63, 3.8) is 0 Å². The van der Waals surface area contributed by atoms with E-state index in [9.17, 15) is 14.7 Å². The van der Waals surface area contributed by atoms with E-state index in [4.69, 9.17) is 21.8 Å². The van der Waals surface area contributed by atoms with E-state index in [0.717, 1.165) is 0 Å². The van der Waals surface area contributed by atoms with Crippen molar-refractivity contribution in [2.45, 2.75) is 84.4 Å². The molecule has 194 valence electrons. The first kappa shape index (κ1) is 32.2. The van der Waals surface area contributed by atoms with Crippen molar-refractivity contribution in [2.24, 2.45) is 0 Å². The van der Waals surface area contributed by atoms with Crippen molar-refractivity contribution in [3.05, 3.63) is 12.2 Å². The summed E-state index contributed by atoms with van der Waals surface area (Å²) in [6.07, 6.45) is -1.16. The van der Waals surface area contributed by atoms with Crippen LogP contribution in [-0.2, 0) is 26.6 Å². The fourth-order valence-electron chi connectivity index (χ4n) is 2.68. The molecule has 0 fully saturated rings. The molecule has 0 aromatic rings. The Morgan fingerprint density at radius 1 is 0.848 bits per heavy atom. The summed E-state index contributed by atoms with van der Waals surface area (Å²) < 4.78 is 29.6. The van der Waals surface area contributed by atoms with Crippen molar-refractivity contribution in [2.75, 3.05) is 19.8 Å². The SMILES string of the molecule is C=C(C)C(=O)OCC(O)COC(=O)NCCC[Si](O[Si](C)(C)C)(O[Si](C)(C)C)O[Si](C)(C)C. The zero-order valence-electron chi connectivity index (χ0n) is 22.1. The minimum atomic E-state index is -2.94. The standard InChI is InChI=1S/C20H45NO8Si4/c1-17(2)19(23)25-15-18(22)16-26-20(24)21-13-12-14-33(27-30(3,4)5,28-31(6,7)8)29-32(9,10)11/h18,22H,1,12-16H2,2-11H3,(H,21,24). The van der Waals surface area contributed by atoms with E-state index in [2.05, 4.69) is 70.8 Å². The molecule has 9 nitrogen and oxygen atoms in total. The number of aliphatic hydroxyl groups is 1. The summed E-state index contributed by atoms with van der Waals surface area (Å²) >= 11 is 0. The third-order valence-corrected chi connectivity index (χ3v) is 15.5. The number of alkyl carbamates (subject to hydrolysis) is 1. The van der Waals surface area contributed by atoms with Crippen LogP contribution in [0.3, 0.4) is 0 Å². The predicted octanol–water partition coefficient (Wildman–Crippen LogP) is 4.08. The molecule has 1 unspecified atom stereocenters. The Balaban J connectivity index is 4.83. The Bertz CT molecular complexity index is 615. The van der Waals surface area contributed by atoms with E-state index in [1.165, 1.54) is 6.92 Å². The molecular formula is C20H45NO8Si4. The Labute approximate surface area is 203 Å². The van der Waals surface area contributed by atoms with Gasteiger partial charge in [0.05, 0.1) is 0 Å². The molecule has 0 aromatic carbocycles. The molecule has 13 heteroatoms. The summed E-state index contributed by atoms with van der Waals surface area (Å²) in [6.45, 7) is 23.9. The number of esters is 1. The number of carbonyl (C=O) groups is 2. The van der Waals surface area contributed by atoms with Gasteiger partial charge in [-0.2, -0.15) is 0 Å². The first-order chi connectivity index (χ1) is 14.7. The second kappa shape index (κ2) is 13.3. The number of ether oxygens (including phenoxy) is 2. The van der Waals surface area contributed by atoms with Crippen molar-refractivity contribution < 1.29 is 36.5 Å². The van der Waals surface area contributed by atoms with Gasteiger partial charge in [-0.1, -0.05) is 6.58 Å². The van der Waals surface area contributed by atoms with Crippen LogP contribution in [0.15, 0.2) is 12.2 Å². The van der Waals surface area contributed by atoms with E-state index in [0.29, 0.717) is 19.0 Å². The zero-order valence-corrected chi connectivity index (χ0v) is 26.1. The molecule has 0 saturated carbocycles. The summed E-state index contributed by atoms with van der Waals surface area (Å²) in [5.41, 5.74) is 0.231. The van der Waals surface area contributed by atoms with Gasteiger partial charge in [-0.15, -0.1) is 0 Å². The predicted molar refractivity (Wildman–Crippen MR) is 140 cm³/mol. The van der Waals surface area contributed by atoms with Gasteiger partial charge in [0, 0.05) is 18.2 Å². The zero-order chi connectivity index (χ0) is 26.1. The lowest BCUT2D eigenvalue weighted by molar-refractivity contribution is -0.142. The summed E-state index contributed by atoms with van der Waals surface area (Å²) in [5.74, 6) is -0.604. The van der Waals surface area contributed by atoms with Crippen molar-refractivity contribution in [1.29, 1.82) is 0 Å². The lowest BCUT2D eigenvalue weighted by atomic mass is 10.3. The summed E-state index contributed by atoms with van der Waals surface area (Å²) in [7, 11) is -8.79. The van der Waals surface area contributed by atoms with E-state index in [1.807, 2.05) is 0 Å². The average Bonchev–Trinajstić information content (AvgIpc) is 2.56. The monoisotopic (exact) mass is 539 g/mol. The van der Waals surface area contributed by atoms with E-state index in [1.54, 1.807) is 0 Å². The number of rotatable bonds is 15. The van der Waals surface area contributed by atoms with Gasteiger partial charge in [-0.05, 0) is 72.3 Å². The molecule has 0 aliphatic rings. The Morgan fingerprint density at radius 2 is 1.27 bits per heavy atom. The number of carbonyl (C=O) groups excluding carboxylic acids is 2. The lowest BCUT2D eigenvalue weighted by Crippen LogP contribution is -2.60. The van der Waals surface area contributed by atoms with Crippen LogP contribution in [0.2, 0.25) is 65.0 Å². The number of aliphatic hydroxyl groups excluding tert-OH is 1. The largest absolute Gasteiger partial charge is 0.469 e. The summed E-state index contributed by atoms with van der Waals surface area (Å²) in [6, 6.07) is 0.603. The molecule has 0 saturated heterocycles. The molecule has 33 heavy (non-hydrogen) atoms. The van der Waals surface area contributed by atoms with Crippen LogP contribution in [0.4, 0.5) is 4.79 Å². The lowest BCUT2D eigenvalue weighted by Gasteiger charge is -2.42. The molecule has 0 aliphatic carbocycles. The average molecular weight is 540 g/mol. The highest BCUT2D eigenvalue weighted by atomic mass is 28.5. The van der Waals surface area contributed by atoms with Gasteiger partial charge in [0.1, 0.15) is 19.3 Å². The second-order valence-corrected chi connectivity index (χ2v) is 28.0. The summed E-state index contributed by atoms with van der Waals surface area (Å²) in [4.78, 5) is 23.3. The van der Waals surface area contributed by atoms with Crippen molar-refractivity contribution in [1.82, 2.24) is 5.32 Å². The van der Waals surface area contributed by atoms with Crippen LogP contribution in [0.25, 0.3) is 0 Å². The molecule has 0 radical (unpaired) electrons. The van der Waals surface area contributed by atoms with Gasteiger partial charge in [0.15, 0.2) is 25.0 Å². The van der Waals surface area contributed by atoms with Crippen LogP contribution in [-0.4, -0.2) is 76.8 Å². The topological polar surface area (TPSA) is 113 Å². The minimum Gasteiger partial charge on any atom is -0.459 e. The minimum absolute atomic E-state index is 0.231. The highest BCUT2D eigenvalue weighted by Gasteiger charge is 2.49. The molecule has 0 heterocycles. The van der Waals surface area contributed by atoms with Crippen LogP contribution >= 0.6 is 0 Å². The van der Waals surface area contributed by atoms with Crippen LogP contribution in [0.1, 0.15) is 13.3 Å². The molecule has 0 aromatic heterocycles. The summed E-state index contributed by atoms with van der Waals surface area (Å²) in [5, 5.41) is 12.5. The fourth-order valence-corrected chi connectivity index (χ4v) is 17.3. The molecule has 0 bridgehead atoms.